The lowest BCUT2D eigenvalue weighted by Gasteiger charge is -2.38. The molecule has 0 aromatic heterocycles. The topological polar surface area (TPSA) is 49.4 Å². The maximum atomic E-state index is 12.2. The maximum Gasteiger partial charge on any atom is 0.215 e. The fourth-order valence-corrected chi connectivity index (χ4v) is 4.21. The molecule has 112 valence electrons. The van der Waals surface area contributed by atoms with Crippen LogP contribution >= 0.6 is 0 Å². The summed E-state index contributed by atoms with van der Waals surface area (Å²) in [4.78, 5) is 0. The Bertz CT molecular complexity index is 388. The minimum atomic E-state index is -3.05. The first kappa shape index (κ1) is 15.3. The zero-order valence-electron chi connectivity index (χ0n) is 12.5. The fourth-order valence-electron chi connectivity index (χ4n) is 2.81. The lowest BCUT2D eigenvalue weighted by Crippen LogP contribution is -2.43. The summed E-state index contributed by atoms with van der Waals surface area (Å²) in [6, 6.07) is 0.585. The predicted octanol–water partition coefficient (Wildman–Crippen LogP) is 1.83. The van der Waals surface area contributed by atoms with E-state index in [1.807, 2.05) is 0 Å². The summed E-state index contributed by atoms with van der Waals surface area (Å²) in [6.07, 6.45) is 4.41. The van der Waals surface area contributed by atoms with E-state index in [1.165, 1.54) is 12.8 Å². The third-order valence-electron chi connectivity index (χ3n) is 4.44. The molecular weight excluding hydrogens is 260 g/mol. The number of sulfonamides is 1. The van der Waals surface area contributed by atoms with Gasteiger partial charge in [0.25, 0.3) is 0 Å². The van der Waals surface area contributed by atoms with Crippen molar-refractivity contribution in [3.63, 3.8) is 0 Å². The van der Waals surface area contributed by atoms with Gasteiger partial charge in [-0.1, -0.05) is 20.8 Å². The van der Waals surface area contributed by atoms with Crippen molar-refractivity contribution in [2.24, 2.45) is 11.3 Å². The number of rotatable bonds is 5. The molecule has 2 aliphatic rings. The summed E-state index contributed by atoms with van der Waals surface area (Å²) in [7, 11) is -3.05. The molecule has 2 fully saturated rings. The zero-order chi connectivity index (χ0) is 14.1. The van der Waals surface area contributed by atoms with Crippen LogP contribution in [-0.4, -0.2) is 44.2 Å². The number of hydrogen-bond acceptors (Lipinski definition) is 3. The van der Waals surface area contributed by atoms with Crippen molar-refractivity contribution in [1.82, 2.24) is 9.62 Å². The van der Waals surface area contributed by atoms with Gasteiger partial charge in [-0.15, -0.1) is 0 Å². The minimum absolute atomic E-state index is 0.254. The van der Waals surface area contributed by atoms with E-state index in [2.05, 4.69) is 26.1 Å². The largest absolute Gasteiger partial charge is 0.313 e. The second kappa shape index (κ2) is 5.70. The van der Waals surface area contributed by atoms with Crippen LogP contribution in [0.5, 0.6) is 0 Å². The highest BCUT2D eigenvalue weighted by Crippen LogP contribution is 2.34. The van der Waals surface area contributed by atoms with Gasteiger partial charge >= 0.3 is 0 Å². The molecule has 0 aromatic carbocycles. The summed E-state index contributed by atoms with van der Waals surface area (Å²) in [5.41, 5.74) is 0.295. The lowest BCUT2D eigenvalue weighted by molar-refractivity contribution is 0.154. The first-order valence-corrected chi connectivity index (χ1v) is 9.11. The lowest BCUT2D eigenvalue weighted by atomic mass is 9.76. The Balaban J connectivity index is 1.78. The average Bonchev–Trinajstić information content (AvgIpc) is 3.12. The van der Waals surface area contributed by atoms with E-state index >= 15 is 0 Å². The molecule has 0 bridgehead atoms. The molecule has 5 heteroatoms. The van der Waals surface area contributed by atoms with E-state index < -0.39 is 10.0 Å². The Kier molecular flexibility index (Phi) is 4.58. The number of hydrogen-bond donors (Lipinski definition) is 1. The number of piperidine rings is 1. The highest BCUT2D eigenvalue weighted by molar-refractivity contribution is 7.89. The van der Waals surface area contributed by atoms with Gasteiger partial charge in [-0.05, 0) is 37.0 Å². The molecule has 0 aromatic rings. The van der Waals surface area contributed by atoms with Crippen LogP contribution in [0.2, 0.25) is 0 Å². The van der Waals surface area contributed by atoms with Crippen molar-refractivity contribution in [3.8, 4) is 0 Å². The molecule has 0 amide bonds. The summed E-state index contributed by atoms with van der Waals surface area (Å²) in [5, 5.41) is 3.28. The molecule has 1 aliphatic carbocycles. The summed E-state index contributed by atoms with van der Waals surface area (Å²) >= 11 is 0. The van der Waals surface area contributed by atoms with Crippen LogP contribution in [0, 0.1) is 11.3 Å². The molecule has 1 heterocycles. The Hall–Kier alpha value is -0.130. The van der Waals surface area contributed by atoms with E-state index in [9.17, 15) is 8.42 Å². The molecule has 0 spiro atoms. The molecule has 0 atom stereocenters. The van der Waals surface area contributed by atoms with Crippen LogP contribution in [0.4, 0.5) is 0 Å². The van der Waals surface area contributed by atoms with Gasteiger partial charge in [0.2, 0.25) is 10.0 Å². The Morgan fingerprint density at radius 3 is 2.16 bits per heavy atom. The second-order valence-corrected chi connectivity index (χ2v) is 9.17. The smallest absolute Gasteiger partial charge is 0.215 e. The van der Waals surface area contributed by atoms with Crippen LogP contribution < -0.4 is 5.32 Å². The highest BCUT2D eigenvalue weighted by atomic mass is 32.2. The predicted molar refractivity (Wildman–Crippen MR) is 78.6 cm³/mol. The van der Waals surface area contributed by atoms with Crippen LogP contribution in [0.15, 0.2) is 0 Å². The average molecular weight is 288 g/mol. The Morgan fingerprint density at radius 2 is 1.68 bits per heavy atom. The van der Waals surface area contributed by atoms with E-state index in [0.29, 0.717) is 37.0 Å². The third kappa shape index (κ3) is 4.43. The van der Waals surface area contributed by atoms with Crippen molar-refractivity contribution in [1.29, 1.82) is 0 Å². The summed E-state index contributed by atoms with van der Waals surface area (Å²) in [6.45, 7) is 8.76. The van der Waals surface area contributed by atoms with Gasteiger partial charge in [0.15, 0.2) is 0 Å². The van der Waals surface area contributed by atoms with E-state index in [-0.39, 0.29) is 5.75 Å². The van der Waals surface area contributed by atoms with Crippen LogP contribution in [0.25, 0.3) is 0 Å². The number of nitrogens with one attached hydrogen (secondary N) is 1. The molecule has 2 rings (SSSR count). The molecule has 1 N–H and O–H groups in total. The molecular formula is C14H28N2O2S. The van der Waals surface area contributed by atoms with Crippen LogP contribution in [-0.2, 0) is 10.0 Å². The monoisotopic (exact) mass is 288 g/mol. The number of nitrogens with zero attached hydrogens (tertiary/aromatic N) is 1. The van der Waals surface area contributed by atoms with Crippen molar-refractivity contribution in [2.45, 2.75) is 52.5 Å². The van der Waals surface area contributed by atoms with Gasteiger partial charge in [-0.3, -0.25) is 0 Å². The molecule has 4 nitrogen and oxygen atoms in total. The molecule has 1 saturated carbocycles. The van der Waals surface area contributed by atoms with Crippen LogP contribution in [0.3, 0.4) is 0 Å². The normalized spacial score (nSPS) is 23.7. The van der Waals surface area contributed by atoms with Crippen molar-refractivity contribution < 1.29 is 8.42 Å². The third-order valence-corrected chi connectivity index (χ3v) is 6.31. The SMILES string of the molecule is CC(C)(C)C1CCN(S(=O)(=O)CCNC2CC2)CC1. The minimum Gasteiger partial charge on any atom is -0.313 e. The molecule has 19 heavy (non-hydrogen) atoms. The van der Waals surface area contributed by atoms with Crippen molar-refractivity contribution in [3.05, 3.63) is 0 Å². The van der Waals surface area contributed by atoms with Gasteiger partial charge in [0.05, 0.1) is 5.75 Å². The van der Waals surface area contributed by atoms with E-state index in [1.54, 1.807) is 4.31 Å². The Morgan fingerprint density at radius 1 is 1.11 bits per heavy atom. The van der Waals surface area contributed by atoms with Gasteiger partial charge < -0.3 is 5.32 Å². The van der Waals surface area contributed by atoms with Crippen LogP contribution in [0.1, 0.15) is 46.5 Å². The van der Waals surface area contributed by atoms with Gasteiger partial charge in [-0.2, -0.15) is 0 Å². The first-order valence-electron chi connectivity index (χ1n) is 7.50. The highest BCUT2D eigenvalue weighted by Gasteiger charge is 2.33. The van der Waals surface area contributed by atoms with Gasteiger partial charge in [0, 0.05) is 25.7 Å². The zero-order valence-corrected chi connectivity index (χ0v) is 13.3. The molecule has 1 aliphatic heterocycles. The molecule has 0 radical (unpaired) electrons. The van der Waals surface area contributed by atoms with Gasteiger partial charge in [0.1, 0.15) is 0 Å². The fraction of sp³-hybridized carbons (Fsp3) is 1.00. The second-order valence-electron chi connectivity index (χ2n) is 7.08. The van der Waals surface area contributed by atoms with Crippen molar-refractivity contribution >= 4 is 10.0 Å². The molecule has 0 unspecified atom stereocenters. The summed E-state index contributed by atoms with van der Waals surface area (Å²) in [5.74, 6) is 0.896. The van der Waals surface area contributed by atoms with Gasteiger partial charge in [-0.25, -0.2) is 12.7 Å². The van der Waals surface area contributed by atoms with Crippen molar-refractivity contribution in [2.75, 3.05) is 25.4 Å². The molecule has 1 saturated heterocycles. The maximum absolute atomic E-state index is 12.2. The quantitative estimate of drug-likeness (QED) is 0.839. The Labute approximate surface area is 118 Å². The standard InChI is InChI=1S/C14H28N2O2S/c1-14(2,3)12-6-9-16(10-7-12)19(17,18)11-8-15-13-4-5-13/h12-13,15H,4-11H2,1-3H3. The van der Waals surface area contributed by atoms with E-state index in [4.69, 9.17) is 0 Å². The van der Waals surface area contributed by atoms with E-state index in [0.717, 1.165) is 12.8 Å². The summed E-state index contributed by atoms with van der Waals surface area (Å²) < 4.78 is 26.2. The first-order chi connectivity index (χ1) is 8.79.